The van der Waals surface area contributed by atoms with E-state index < -0.39 is 0 Å². The second-order valence-electron chi connectivity index (χ2n) is 6.86. The largest absolute Gasteiger partial charge is 0.438 e. The molecule has 28 heavy (non-hydrogen) atoms. The van der Waals surface area contributed by atoms with E-state index in [0.717, 1.165) is 22.9 Å². The standard InChI is InChI=1S/C22H20ClN3O2/c1-4-14-5-7-19(28-20-8-6-15(23)11-24-20)16(10-14)18-12-26(3)22(27)17-9-13(2)25-21(17)18/h5-13H,4H2,1-3H3/t13-/m1/s1. The van der Waals surface area contributed by atoms with Crippen LogP contribution in [0.4, 0.5) is 0 Å². The van der Waals surface area contributed by atoms with Crippen molar-refractivity contribution in [3.63, 3.8) is 0 Å². The minimum Gasteiger partial charge on any atom is -0.438 e. The topological polar surface area (TPSA) is 56.5 Å². The van der Waals surface area contributed by atoms with Crippen LogP contribution in [-0.2, 0) is 13.5 Å². The quantitative estimate of drug-likeness (QED) is 0.683. The molecule has 0 spiro atoms. The molecule has 0 saturated heterocycles. The number of hydrogen-bond donors (Lipinski definition) is 0. The van der Waals surface area contributed by atoms with E-state index in [4.69, 9.17) is 16.3 Å². The van der Waals surface area contributed by atoms with E-state index in [1.807, 2.05) is 31.3 Å². The minimum absolute atomic E-state index is 0.0273. The van der Waals surface area contributed by atoms with Crippen LogP contribution < -0.4 is 20.9 Å². The number of aryl methyl sites for hydroxylation is 2. The molecule has 0 amide bonds. The summed E-state index contributed by atoms with van der Waals surface area (Å²) in [6.45, 7) is 4.08. The lowest BCUT2D eigenvalue weighted by Gasteiger charge is -2.13. The van der Waals surface area contributed by atoms with Crippen molar-refractivity contribution in [2.24, 2.45) is 12.0 Å². The molecule has 0 saturated carbocycles. The summed E-state index contributed by atoms with van der Waals surface area (Å²) in [6.07, 6.45) is 6.17. The number of pyridine rings is 2. The summed E-state index contributed by atoms with van der Waals surface area (Å²) in [4.78, 5) is 21.5. The van der Waals surface area contributed by atoms with Crippen LogP contribution in [0.25, 0.3) is 17.2 Å². The second kappa shape index (κ2) is 7.24. The van der Waals surface area contributed by atoms with Gasteiger partial charge in [0.05, 0.1) is 21.6 Å². The Hall–Kier alpha value is -2.92. The third-order valence-corrected chi connectivity index (χ3v) is 5.01. The van der Waals surface area contributed by atoms with Gasteiger partial charge in [-0.1, -0.05) is 24.6 Å². The Bertz CT molecular complexity index is 1230. The average molecular weight is 394 g/mol. The molecular weight excluding hydrogens is 374 g/mol. The Kier molecular flexibility index (Phi) is 4.77. The molecule has 0 unspecified atom stereocenters. The maximum absolute atomic E-state index is 12.5. The molecule has 4 rings (SSSR count). The van der Waals surface area contributed by atoms with E-state index in [0.29, 0.717) is 21.9 Å². The zero-order chi connectivity index (χ0) is 19.8. The van der Waals surface area contributed by atoms with Crippen LogP contribution in [0.3, 0.4) is 0 Å². The Morgan fingerprint density at radius 3 is 2.75 bits per heavy atom. The Labute approximate surface area is 167 Å². The van der Waals surface area contributed by atoms with E-state index in [2.05, 4.69) is 23.0 Å². The third-order valence-electron chi connectivity index (χ3n) is 4.78. The minimum atomic E-state index is -0.0414. The molecule has 1 atom stereocenters. The Balaban J connectivity index is 1.94. The molecule has 142 valence electrons. The number of ether oxygens (including phenoxy) is 1. The van der Waals surface area contributed by atoms with Crippen molar-refractivity contribution >= 4 is 17.7 Å². The number of fused-ring (bicyclic) bond motifs is 1. The van der Waals surface area contributed by atoms with Crippen molar-refractivity contribution in [2.45, 2.75) is 26.3 Å². The lowest BCUT2D eigenvalue weighted by molar-refractivity contribution is 0.464. The zero-order valence-corrected chi connectivity index (χ0v) is 16.7. The summed E-state index contributed by atoms with van der Waals surface area (Å²) in [5, 5.41) is 1.91. The molecule has 3 aromatic rings. The lowest BCUT2D eigenvalue weighted by Crippen LogP contribution is -2.43. The van der Waals surface area contributed by atoms with Crippen LogP contribution >= 0.6 is 11.6 Å². The second-order valence-corrected chi connectivity index (χ2v) is 7.29. The van der Waals surface area contributed by atoms with Crippen LogP contribution in [-0.4, -0.2) is 15.6 Å². The number of benzene rings is 1. The van der Waals surface area contributed by atoms with Crippen molar-refractivity contribution in [3.05, 3.63) is 74.2 Å². The van der Waals surface area contributed by atoms with Gasteiger partial charge in [-0.05, 0) is 43.2 Å². The van der Waals surface area contributed by atoms with Crippen molar-refractivity contribution in [3.8, 4) is 22.8 Å². The van der Waals surface area contributed by atoms with Gasteiger partial charge in [0.15, 0.2) is 0 Å². The third kappa shape index (κ3) is 3.34. The van der Waals surface area contributed by atoms with Crippen molar-refractivity contribution in [1.29, 1.82) is 0 Å². The number of hydrogen-bond acceptors (Lipinski definition) is 4. The van der Waals surface area contributed by atoms with E-state index >= 15 is 0 Å². The molecule has 0 bridgehead atoms. The first-order chi connectivity index (χ1) is 13.5. The fraction of sp³-hybridized carbons (Fsp3) is 0.227. The maximum atomic E-state index is 12.5. The van der Waals surface area contributed by atoms with Crippen LogP contribution in [0.5, 0.6) is 11.6 Å². The van der Waals surface area contributed by atoms with Crippen LogP contribution in [0, 0.1) is 0 Å². The van der Waals surface area contributed by atoms with Gasteiger partial charge in [-0.2, -0.15) is 0 Å². The van der Waals surface area contributed by atoms with Gasteiger partial charge in [0.25, 0.3) is 5.56 Å². The molecule has 0 aliphatic carbocycles. The van der Waals surface area contributed by atoms with Crippen LogP contribution in [0.1, 0.15) is 19.4 Å². The molecule has 0 N–H and O–H groups in total. The van der Waals surface area contributed by atoms with Gasteiger partial charge in [-0.25, -0.2) is 4.98 Å². The SMILES string of the molecule is CCc1ccc(Oc2ccc(Cl)cn2)c(-c2cn(C)c(=O)c3c2=N[C@H](C)C=3)c1. The number of aromatic nitrogens is 2. The Morgan fingerprint density at radius 1 is 1.21 bits per heavy atom. The molecule has 6 heteroatoms. The fourth-order valence-corrected chi connectivity index (χ4v) is 3.46. The molecule has 3 heterocycles. The van der Waals surface area contributed by atoms with Crippen LogP contribution in [0.2, 0.25) is 5.02 Å². The predicted octanol–water partition coefficient (Wildman–Crippen LogP) is 3.26. The first-order valence-corrected chi connectivity index (χ1v) is 9.56. The van der Waals surface area contributed by atoms with E-state index in [1.165, 1.54) is 5.56 Å². The zero-order valence-electron chi connectivity index (χ0n) is 15.9. The van der Waals surface area contributed by atoms with Gasteiger partial charge < -0.3 is 9.30 Å². The van der Waals surface area contributed by atoms with E-state index in [1.54, 1.807) is 29.9 Å². The highest BCUT2D eigenvalue weighted by atomic mass is 35.5. The first kappa shape index (κ1) is 18.4. The molecule has 0 radical (unpaired) electrons. The number of rotatable bonds is 4. The fourth-order valence-electron chi connectivity index (χ4n) is 3.35. The van der Waals surface area contributed by atoms with Gasteiger partial charge in [-0.15, -0.1) is 0 Å². The van der Waals surface area contributed by atoms with Gasteiger partial charge in [0.2, 0.25) is 5.88 Å². The molecule has 1 aromatic carbocycles. The maximum Gasteiger partial charge on any atom is 0.259 e. The van der Waals surface area contributed by atoms with Crippen molar-refractivity contribution in [1.82, 2.24) is 9.55 Å². The van der Waals surface area contributed by atoms with Crippen molar-refractivity contribution < 1.29 is 4.74 Å². The average Bonchev–Trinajstić information content (AvgIpc) is 3.09. The summed E-state index contributed by atoms with van der Waals surface area (Å²) < 4.78 is 7.66. The molecule has 1 aliphatic heterocycles. The predicted molar refractivity (Wildman–Crippen MR) is 111 cm³/mol. The van der Waals surface area contributed by atoms with E-state index in [9.17, 15) is 4.79 Å². The highest BCUT2D eigenvalue weighted by molar-refractivity contribution is 6.30. The van der Waals surface area contributed by atoms with E-state index in [-0.39, 0.29) is 11.6 Å². The molecular formula is C22H20ClN3O2. The molecule has 5 nitrogen and oxygen atoms in total. The monoisotopic (exact) mass is 393 g/mol. The smallest absolute Gasteiger partial charge is 0.259 e. The summed E-state index contributed by atoms with van der Waals surface area (Å²) in [5.74, 6) is 1.11. The first-order valence-electron chi connectivity index (χ1n) is 9.18. The molecule has 2 aromatic heterocycles. The molecule has 0 fully saturated rings. The highest BCUT2D eigenvalue weighted by Crippen LogP contribution is 2.32. The van der Waals surface area contributed by atoms with Gasteiger partial charge >= 0.3 is 0 Å². The summed E-state index contributed by atoms with van der Waals surface area (Å²) in [5.41, 5.74) is 2.88. The normalized spacial score (nSPS) is 14.9. The summed E-state index contributed by atoms with van der Waals surface area (Å²) >= 11 is 5.92. The molecule has 1 aliphatic rings. The van der Waals surface area contributed by atoms with Gasteiger partial charge in [0.1, 0.15) is 5.75 Å². The van der Waals surface area contributed by atoms with Crippen molar-refractivity contribution in [2.75, 3.05) is 0 Å². The van der Waals surface area contributed by atoms with Gasteiger partial charge in [0, 0.05) is 36.6 Å². The lowest BCUT2D eigenvalue weighted by atomic mass is 10.0. The van der Waals surface area contributed by atoms with Crippen LogP contribution in [0.15, 0.2) is 52.5 Å². The van der Waals surface area contributed by atoms with Gasteiger partial charge in [-0.3, -0.25) is 9.79 Å². The summed E-state index contributed by atoms with van der Waals surface area (Å²) in [6, 6.07) is 9.49. The Morgan fingerprint density at radius 2 is 2.04 bits per heavy atom. The highest BCUT2D eigenvalue weighted by Gasteiger charge is 2.17. The summed E-state index contributed by atoms with van der Waals surface area (Å²) in [7, 11) is 1.76. The number of nitrogens with zero attached hydrogens (tertiary/aromatic N) is 3. The number of halogens is 1.